The molecule has 10 heteroatoms. The third kappa shape index (κ3) is 4.99. The number of nitrogens with zero attached hydrogens (tertiary/aromatic N) is 6. The Labute approximate surface area is 221 Å². The van der Waals surface area contributed by atoms with E-state index in [4.69, 9.17) is 16.3 Å². The summed E-state index contributed by atoms with van der Waals surface area (Å²) in [5.74, 6) is 0.637. The maximum Gasteiger partial charge on any atom is 0.253 e. The van der Waals surface area contributed by atoms with Crippen molar-refractivity contribution in [3.63, 3.8) is 0 Å². The molecule has 1 aliphatic rings. The highest BCUT2D eigenvalue weighted by molar-refractivity contribution is 6.30. The molecule has 1 fully saturated rings. The van der Waals surface area contributed by atoms with Crippen LogP contribution in [0.25, 0.3) is 10.9 Å². The van der Waals surface area contributed by atoms with Gasteiger partial charge in [-0.25, -0.2) is 4.68 Å². The topological polar surface area (TPSA) is 92.2 Å². The van der Waals surface area contributed by atoms with Crippen molar-refractivity contribution in [2.75, 3.05) is 44.8 Å². The average molecular weight is 522 g/mol. The average Bonchev–Trinajstić information content (AvgIpc) is 3.36. The van der Waals surface area contributed by atoms with Gasteiger partial charge in [0.1, 0.15) is 6.04 Å². The summed E-state index contributed by atoms with van der Waals surface area (Å²) in [4.78, 5) is 21.4. The first-order valence-corrected chi connectivity index (χ1v) is 12.9. The number of hydrogen-bond acceptors (Lipinski definition) is 7. The Morgan fingerprint density at radius 2 is 1.81 bits per heavy atom. The van der Waals surface area contributed by atoms with E-state index in [1.165, 1.54) is 5.56 Å². The first kappa shape index (κ1) is 25.4. The number of aryl methyl sites for hydroxylation is 3. The Bertz CT molecular complexity index is 1470. The molecular weight excluding hydrogens is 490 g/mol. The molecule has 0 unspecified atom stereocenters. The fraction of sp³-hybridized carbons (Fsp3) is 0.407. The number of benzene rings is 2. The fourth-order valence-corrected chi connectivity index (χ4v) is 5.30. The number of ether oxygens (including phenoxy) is 1. The molecule has 0 bridgehead atoms. The second-order valence-corrected chi connectivity index (χ2v) is 10.1. The summed E-state index contributed by atoms with van der Waals surface area (Å²) in [5.41, 5.74) is 5.93. The number of anilines is 1. The van der Waals surface area contributed by atoms with E-state index < -0.39 is 6.04 Å². The monoisotopic (exact) mass is 521 g/mol. The van der Waals surface area contributed by atoms with Gasteiger partial charge >= 0.3 is 0 Å². The normalized spacial score (nSPS) is 15.4. The minimum atomic E-state index is -0.399. The summed E-state index contributed by atoms with van der Waals surface area (Å²) in [7, 11) is 1.65. The van der Waals surface area contributed by atoms with Crippen LogP contribution in [-0.2, 0) is 11.3 Å². The van der Waals surface area contributed by atoms with Crippen LogP contribution >= 0.6 is 11.6 Å². The molecule has 4 aromatic rings. The number of piperazine rings is 1. The number of aromatic amines is 1. The number of tetrazole rings is 1. The zero-order valence-electron chi connectivity index (χ0n) is 21.7. The highest BCUT2D eigenvalue weighted by Gasteiger charge is 2.33. The third-order valence-electron chi connectivity index (χ3n) is 7.38. The van der Waals surface area contributed by atoms with Crippen LogP contribution in [0.1, 0.15) is 34.1 Å². The van der Waals surface area contributed by atoms with Gasteiger partial charge in [-0.1, -0.05) is 29.8 Å². The van der Waals surface area contributed by atoms with Crippen molar-refractivity contribution in [2.24, 2.45) is 0 Å². The van der Waals surface area contributed by atoms with Crippen LogP contribution in [0, 0.1) is 20.8 Å². The molecule has 1 atom stereocenters. The van der Waals surface area contributed by atoms with Gasteiger partial charge in [0.25, 0.3) is 5.56 Å². The van der Waals surface area contributed by atoms with Crippen molar-refractivity contribution >= 4 is 28.2 Å². The molecule has 9 nitrogen and oxygen atoms in total. The summed E-state index contributed by atoms with van der Waals surface area (Å²) >= 11 is 6.30. The molecule has 0 spiro atoms. The van der Waals surface area contributed by atoms with Gasteiger partial charge in [-0.05, 0) is 71.5 Å². The number of fused-ring (bicyclic) bond motifs is 1. The highest BCUT2D eigenvalue weighted by atomic mass is 35.5. The molecule has 3 heterocycles. The second kappa shape index (κ2) is 10.6. The van der Waals surface area contributed by atoms with E-state index in [9.17, 15) is 4.79 Å². The Balaban J connectivity index is 1.54. The molecular formula is C27H32ClN7O2. The zero-order valence-corrected chi connectivity index (χ0v) is 22.4. The van der Waals surface area contributed by atoms with Gasteiger partial charge in [0.05, 0.1) is 18.7 Å². The van der Waals surface area contributed by atoms with E-state index in [2.05, 4.69) is 62.4 Å². The molecule has 0 amide bonds. The van der Waals surface area contributed by atoms with Gasteiger partial charge in [0, 0.05) is 49.6 Å². The standard InChI is InChI=1S/C27H32ClN7O2/c1-17-5-7-20-15-22(27(36)29-24(20)19(17)3)25(26-30-31-32-35(26)13-14-37-4)34-11-9-33(10-12-34)23-16-21(28)8-6-18(23)2/h5-8,15-16,25H,9-14H2,1-4H3,(H,29,36)/t25-/m0/s1. The van der Waals surface area contributed by atoms with Crippen molar-refractivity contribution in [2.45, 2.75) is 33.4 Å². The summed E-state index contributed by atoms with van der Waals surface area (Å²) < 4.78 is 7.02. The van der Waals surface area contributed by atoms with Crippen LogP contribution in [0.5, 0.6) is 0 Å². The lowest BCUT2D eigenvalue weighted by Crippen LogP contribution is -2.49. The van der Waals surface area contributed by atoms with Crippen LogP contribution in [-0.4, -0.2) is 70.0 Å². The summed E-state index contributed by atoms with van der Waals surface area (Å²) in [6, 6.07) is 11.7. The van der Waals surface area contributed by atoms with Crippen molar-refractivity contribution < 1.29 is 4.74 Å². The SMILES string of the molecule is COCCn1nnnc1[C@H](c1cc2ccc(C)c(C)c2[nH]c1=O)N1CCN(c2cc(Cl)ccc2C)CC1. The molecule has 0 aliphatic carbocycles. The van der Waals surface area contributed by atoms with Gasteiger partial charge < -0.3 is 14.6 Å². The molecule has 2 aromatic heterocycles. The van der Waals surface area contributed by atoms with E-state index >= 15 is 0 Å². The quantitative estimate of drug-likeness (QED) is 0.397. The van der Waals surface area contributed by atoms with Gasteiger partial charge in [0.2, 0.25) is 0 Å². The maximum atomic E-state index is 13.6. The molecule has 5 rings (SSSR count). The molecule has 1 saturated heterocycles. The van der Waals surface area contributed by atoms with Gasteiger partial charge in [-0.2, -0.15) is 0 Å². The molecule has 2 aromatic carbocycles. The van der Waals surface area contributed by atoms with Crippen molar-refractivity contribution in [3.8, 4) is 0 Å². The number of aromatic nitrogens is 5. The van der Waals surface area contributed by atoms with Crippen molar-refractivity contribution in [1.29, 1.82) is 0 Å². The lowest BCUT2D eigenvalue weighted by Gasteiger charge is -2.40. The van der Waals surface area contributed by atoms with Gasteiger partial charge in [-0.3, -0.25) is 9.69 Å². The fourth-order valence-electron chi connectivity index (χ4n) is 5.13. The maximum absolute atomic E-state index is 13.6. The van der Waals surface area contributed by atoms with E-state index in [0.29, 0.717) is 24.5 Å². The molecule has 194 valence electrons. The van der Waals surface area contributed by atoms with Crippen molar-refractivity contribution in [3.05, 3.63) is 79.9 Å². The molecule has 0 saturated carbocycles. The van der Waals surface area contributed by atoms with E-state index in [1.807, 2.05) is 25.1 Å². The molecule has 37 heavy (non-hydrogen) atoms. The number of methoxy groups -OCH3 is 1. The first-order valence-electron chi connectivity index (χ1n) is 12.5. The Hall–Kier alpha value is -3.27. The Morgan fingerprint density at radius 1 is 1.05 bits per heavy atom. The van der Waals surface area contributed by atoms with Crippen LogP contribution in [0.3, 0.4) is 0 Å². The Kier molecular flexibility index (Phi) is 7.28. The molecule has 1 aliphatic heterocycles. The summed E-state index contributed by atoms with van der Waals surface area (Å²) in [6.07, 6.45) is 0. The van der Waals surface area contributed by atoms with Gasteiger partial charge in [0.15, 0.2) is 5.82 Å². The highest BCUT2D eigenvalue weighted by Crippen LogP contribution is 2.31. The number of rotatable bonds is 7. The third-order valence-corrected chi connectivity index (χ3v) is 7.61. The van der Waals surface area contributed by atoms with Gasteiger partial charge in [-0.15, -0.1) is 5.10 Å². The van der Waals surface area contributed by atoms with E-state index in [0.717, 1.165) is 58.9 Å². The first-order chi connectivity index (χ1) is 17.9. The lowest BCUT2D eigenvalue weighted by atomic mass is 9.99. The van der Waals surface area contributed by atoms with E-state index in [1.54, 1.807) is 11.8 Å². The molecule has 1 N–H and O–H groups in total. The predicted octanol–water partition coefficient (Wildman–Crippen LogP) is 3.65. The summed E-state index contributed by atoms with van der Waals surface area (Å²) in [6.45, 7) is 10.2. The number of halogens is 1. The molecule has 0 radical (unpaired) electrons. The number of pyridine rings is 1. The zero-order chi connectivity index (χ0) is 26.1. The van der Waals surface area contributed by atoms with Crippen LogP contribution in [0.4, 0.5) is 5.69 Å². The largest absolute Gasteiger partial charge is 0.383 e. The smallest absolute Gasteiger partial charge is 0.253 e. The second-order valence-electron chi connectivity index (χ2n) is 9.63. The predicted molar refractivity (Wildman–Crippen MR) is 146 cm³/mol. The minimum absolute atomic E-state index is 0.124. The van der Waals surface area contributed by atoms with Crippen LogP contribution < -0.4 is 10.5 Å². The van der Waals surface area contributed by atoms with E-state index in [-0.39, 0.29) is 5.56 Å². The Morgan fingerprint density at radius 3 is 2.57 bits per heavy atom. The number of nitrogens with one attached hydrogen (secondary N) is 1. The summed E-state index contributed by atoms with van der Waals surface area (Å²) in [5, 5.41) is 14.3. The van der Waals surface area contributed by atoms with Crippen molar-refractivity contribution in [1.82, 2.24) is 30.1 Å². The lowest BCUT2D eigenvalue weighted by molar-refractivity contribution is 0.171. The van der Waals surface area contributed by atoms with Crippen LogP contribution in [0.2, 0.25) is 5.02 Å². The minimum Gasteiger partial charge on any atom is -0.383 e. The number of H-pyrrole nitrogens is 1. The number of hydrogen-bond donors (Lipinski definition) is 1. The van der Waals surface area contributed by atoms with Crippen LogP contribution in [0.15, 0.2) is 41.2 Å².